The van der Waals surface area contributed by atoms with Gasteiger partial charge in [-0.25, -0.2) is 13.2 Å². The van der Waals surface area contributed by atoms with Crippen LogP contribution in [0.15, 0.2) is 30.3 Å². The maximum atomic E-state index is 14.1. The van der Waals surface area contributed by atoms with Crippen molar-refractivity contribution < 1.29 is 27.9 Å². The Morgan fingerprint density at radius 1 is 0.979 bits per heavy atom. The van der Waals surface area contributed by atoms with E-state index in [1.807, 2.05) is 51.1 Å². The molecule has 0 spiro atoms. The van der Waals surface area contributed by atoms with E-state index in [-0.39, 0.29) is 18.9 Å². The van der Waals surface area contributed by atoms with Crippen LogP contribution < -0.4 is 16.0 Å². The van der Waals surface area contributed by atoms with Gasteiger partial charge < -0.3 is 26.0 Å². The van der Waals surface area contributed by atoms with Crippen molar-refractivity contribution in [3.63, 3.8) is 0 Å². The fraction of sp³-hybridized carbons (Fsp3) is 0.743. The van der Waals surface area contributed by atoms with Crippen LogP contribution in [0.25, 0.3) is 0 Å². The Bertz CT molecular complexity index is 1310. The summed E-state index contributed by atoms with van der Waals surface area (Å²) in [5.41, 5.74) is 0.460. The van der Waals surface area contributed by atoms with Gasteiger partial charge in [-0.1, -0.05) is 49.6 Å². The van der Waals surface area contributed by atoms with Gasteiger partial charge in [0.15, 0.2) is 9.84 Å². The van der Waals surface area contributed by atoms with Crippen molar-refractivity contribution in [3.8, 4) is 0 Å². The number of rotatable bonds is 13. The molecule has 266 valence electrons. The molecule has 3 rings (SSSR count). The summed E-state index contributed by atoms with van der Waals surface area (Å²) in [5.74, 6) is 0.133. The molecule has 1 saturated heterocycles. The first kappa shape index (κ1) is 38.7. The highest BCUT2D eigenvalue weighted by Crippen LogP contribution is 2.39. The van der Waals surface area contributed by atoms with Crippen LogP contribution in [0.5, 0.6) is 0 Å². The molecule has 1 aromatic carbocycles. The van der Waals surface area contributed by atoms with Gasteiger partial charge in [0, 0.05) is 38.0 Å². The number of fused-ring (bicyclic) bond motifs is 1. The molecule has 47 heavy (non-hydrogen) atoms. The van der Waals surface area contributed by atoms with E-state index in [1.165, 1.54) is 25.2 Å². The average Bonchev–Trinajstić information content (AvgIpc) is 2.98. The summed E-state index contributed by atoms with van der Waals surface area (Å²) in [6.07, 6.45) is 5.44. The fourth-order valence-corrected chi connectivity index (χ4v) is 7.50. The molecular formula is C35H59N5O6S. The van der Waals surface area contributed by atoms with Crippen LogP contribution in [-0.4, -0.2) is 108 Å². The monoisotopic (exact) mass is 677 g/mol. The van der Waals surface area contributed by atoms with Crippen LogP contribution in [0.3, 0.4) is 0 Å². The summed E-state index contributed by atoms with van der Waals surface area (Å²) in [6, 6.07) is 6.22. The molecule has 6 atom stereocenters. The lowest BCUT2D eigenvalue weighted by Crippen LogP contribution is -2.65. The second-order valence-electron chi connectivity index (χ2n) is 15.1. The number of aliphatic hydroxyl groups is 1. The van der Waals surface area contributed by atoms with E-state index in [9.17, 15) is 27.9 Å². The van der Waals surface area contributed by atoms with Gasteiger partial charge in [0.05, 0.1) is 22.9 Å². The topological polar surface area (TPSA) is 148 Å². The molecule has 4 N–H and O–H groups in total. The van der Waals surface area contributed by atoms with Gasteiger partial charge in [-0.15, -0.1) is 0 Å². The minimum atomic E-state index is -3.82. The van der Waals surface area contributed by atoms with Crippen LogP contribution in [0, 0.1) is 11.8 Å². The van der Waals surface area contributed by atoms with Crippen LogP contribution in [0.1, 0.15) is 86.1 Å². The Morgan fingerprint density at radius 2 is 1.57 bits per heavy atom. The third-order valence-corrected chi connectivity index (χ3v) is 12.2. The van der Waals surface area contributed by atoms with Crippen LogP contribution in [0.4, 0.5) is 4.79 Å². The second-order valence-corrected chi connectivity index (χ2v) is 17.6. The predicted molar refractivity (Wildman–Crippen MR) is 186 cm³/mol. The van der Waals surface area contributed by atoms with Gasteiger partial charge in [-0.05, 0) is 85.1 Å². The molecule has 0 aromatic heterocycles. The SMILES string of the molecule is CCN(CC)C(=O)N[C@H](C(=O)N[C@@H](Cc1ccccc1)[C@H](O)CN1C[C@H]2CCCC[C@H]2C[C@H]1C(=O)NC(C)(C)C)C(C)(C)S(C)(=O)=O. The van der Waals surface area contributed by atoms with Crippen molar-refractivity contribution in [2.45, 2.75) is 122 Å². The van der Waals surface area contributed by atoms with Crippen molar-refractivity contribution in [2.75, 3.05) is 32.4 Å². The van der Waals surface area contributed by atoms with Crippen molar-refractivity contribution in [3.05, 3.63) is 35.9 Å². The summed E-state index contributed by atoms with van der Waals surface area (Å²) < 4.78 is 24.2. The van der Waals surface area contributed by atoms with Gasteiger partial charge in [0.1, 0.15) is 6.04 Å². The summed E-state index contributed by atoms with van der Waals surface area (Å²) in [4.78, 5) is 44.4. The zero-order valence-corrected chi connectivity index (χ0v) is 30.5. The Balaban J connectivity index is 1.94. The van der Waals surface area contributed by atoms with Crippen LogP contribution >= 0.6 is 0 Å². The first-order chi connectivity index (χ1) is 21.9. The number of aliphatic hydroxyl groups excluding tert-OH is 1. The number of amides is 4. The van der Waals surface area contributed by atoms with Crippen molar-refractivity contribution in [2.24, 2.45) is 11.8 Å². The highest BCUT2D eigenvalue weighted by Gasteiger charge is 2.46. The van der Waals surface area contributed by atoms with Gasteiger partial charge >= 0.3 is 6.03 Å². The standard InChI is InChI=1S/C35H59N5O6S/c1-9-39(10-2)33(44)37-30(35(6,7)47(8,45)46)32(43)36-27(20-24-16-12-11-13-17-24)29(41)23-40-22-26-19-15-14-18-25(26)21-28(40)31(42)38-34(3,4)5/h11-13,16-17,25-30,41H,9-10,14-15,18-23H2,1-8H3,(H,36,43)(H,37,44)(H,38,42)/t25-,26+,27-,28-,29+,30+/m0/s1. The molecule has 2 aliphatic rings. The minimum Gasteiger partial charge on any atom is -0.390 e. The second kappa shape index (κ2) is 16.1. The molecular weight excluding hydrogens is 618 g/mol. The quantitative estimate of drug-likeness (QED) is 0.251. The molecule has 2 fully saturated rings. The third kappa shape index (κ3) is 10.4. The minimum absolute atomic E-state index is 0.0635. The third-order valence-electron chi connectivity index (χ3n) is 10.0. The average molecular weight is 678 g/mol. The number of nitrogens with one attached hydrogen (secondary N) is 3. The first-order valence-electron chi connectivity index (χ1n) is 17.2. The van der Waals surface area contributed by atoms with E-state index in [2.05, 4.69) is 20.9 Å². The number of nitrogens with zero attached hydrogens (tertiary/aromatic N) is 2. The number of piperidine rings is 1. The molecule has 11 nitrogen and oxygen atoms in total. The fourth-order valence-electron chi connectivity index (χ4n) is 6.91. The predicted octanol–water partition coefficient (Wildman–Crippen LogP) is 3.11. The maximum absolute atomic E-state index is 14.1. The lowest BCUT2D eigenvalue weighted by molar-refractivity contribution is -0.133. The molecule has 12 heteroatoms. The van der Waals surface area contributed by atoms with Crippen molar-refractivity contribution in [1.82, 2.24) is 25.8 Å². The number of β-amino-alcohol motifs (C(OH)–C–C–N with tert-alkyl or cyclic N) is 1. The zero-order chi connectivity index (χ0) is 35.2. The molecule has 1 aliphatic heterocycles. The molecule has 0 radical (unpaired) electrons. The Hall–Kier alpha value is -2.70. The Labute approximate surface area is 282 Å². The van der Waals surface area contributed by atoms with Gasteiger partial charge in [0.2, 0.25) is 11.8 Å². The smallest absolute Gasteiger partial charge is 0.318 e. The Morgan fingerprint density at radius 3 is 2.13 bits per heavy atom. The van der Waals surface area contributed by atoms with Gasteiger partial charge in [-0.3, -0.25) is 14.5 Å². The van der Waals surface area contributed by atoms with E-state index in [0.29, 0.717) is 31.5 Å². The van der Waals surface area contributed by atoms with E-state index >= 15 is 0 Å². The van der Waals surface area contributed by atoms with E-state index in [4.69, 9.17) is 0 Å². The lowest BCUT2D eigenvalue weighted by atomic mass is 9.72. The maximum Gasteiger partial charge on any atom is 0.318 e. The summed E-state index contributed by atoms with van der Waals surface area (Å²) in [7, 11) is -3.82. The first-order valence-corrected chi connectivity index (χ1v) is 19.1. The molecule has 1 aliphatic carbocycles. The number of hydrogen-bond acceptors (Lipinski definition) is 7. The summed E-state index contributed by atoms with van der Waals surface area (Å²) >= 11 is 0. The van der Waals surface area contributed by atoms with Gasteiger partial charge in [-0.2, -0.15) is 0 Å². The summed E-state index contributed by atoms with van der Waals surface area (Å²) in [6.45, 7) is 13.9. The molecule has 1 heterocycles. The molecule has 1 aromatic rings. The Kier molecular flexibility index (Phi) is 13.3. The zero-order valence-electron chi connectivity index (χ0n) is 29.7. The van der Waals surface area contributed by atoms with E-state index < -0.39 is 56.3 Å². The van der Waals surface area contributed by atoms with Gasteiger partial charge in [0.25, 0.3) is 0 Å². The highest BCUT2D eigenvalue weighted by atomic mass is 32.2. The number of carbonyl (C=O) groups is 3. The molecule has 4 amide bonds. The lowest BCUT2D eigenvalue weighted by Gasteiger charge is -2.47. The van der Waals surface area contributed by atoms with Crippen molar-refractivity contribution in [1.29, 1.82) is 0 Å². The highest BCUT2D eigenvalue weighted by molar-refractivity contribution is 7.92. The number of benzene rings is 1. The number of urea groups is 1. The molecule has 0 bridgehead atoms. The number of likely N-dealkylation sites (tertiary alicyclic amines) is 1. The molecule has 0 unspecified atom stereocenters. The van der Waals surface area contributed by atoms with Crippen LogP contribution in [0.2, 0.25) is 0 Å². The summed E-state index contributed by atoms with van der Waals surface area (Å²) in [5, 5.41) is 20.6. The normalized spacial score (nSPS) is 22.7. The van der Waals surface area contributed by atoms with Crippen molar-refractivity contribution >= 4 is 27.7 Å². The van der Waals surface area contributed by atoms with E-state index in [0.717, 1.165) is 37.5 Å². The number of sulfone groups is 1. The van der Waals surface area contributed by atoms with Crippen LogP contribution in [-0.2, 0) is 25.8 Å². The largest absolute Gasteiger partial charge is 0.390 e. The number of carbonyl (C=O) groups excluding carboxylic acids is 3. The van der Waals surface area contributed by atoms with E-state index in [1.54, 1.807) is 13.8 Å². The number of hydrogen-bond donors (Lipinski definition) is 4. The molecule has 1 saturated carbocycles.